The van der Waals surface area contributed by atoms with Gasteiger partial charge in [0.25, 0.3) is 5.56 Å². The number of nitrogens with zero attached hydrogens (tertiary/aromatic N) is 2. The van der Waals surface area contributed by atoms with Gasteiger partial charge >= 0.3 is 11.9 Å². The van der Waals surface area contributed by atoms with Gasteiger partial charge in [-0.15, -0.1) is 11.3 Å². The summed E-state index contributed by atoms with van der Waals surface area (Å²) < 4.78 is 6.59. The van der Waals surface area contributed by atoms with Gasteiger partial charge in [0.05, 0.1) is 11.7 Å². The lowest BCUT2D eigenvalue weighted by Gasteiger charge is -2.21. The first-order valence-corrected chi connectivity index (χ1v) is 8.70. The zero-order valence-electron chi connectivity index (χ0n) is 13.3. The Balaban J connectivity index is 1.93. The summed E-state index contributed by atoms with van der Waals surface area (Å²) in [5.74, 6) is -1.55. The second kappa shape index (κ2) is 6.72. The van der Waals surface area contributed by atoms with Crippen molar-refractivity contribution in [2.75, 3.05) is 0 Å². The first kappa shape index (κ1) is 16.6. The number of carbonyl (C=O) groups is 2. The molecule has 0 bridgehead atoms. The van der Waals surface area contributed by atoms with Gasteiger partial charge in [0.15, 0.2) is 0 Å². The maximum atomic E-state index is 12.4. The van der Waals surface area contributed by atoms with Crippen LogP contribution < -0.4 is 5.56 Å². The number of fused-ring (bicyclic) bond motifs is 1. The van der Waals surface area contributed by atoms with Crippen molar-refractivity contribution in [3.8, 4) is 0 Å². The number of carboxylic acid groups (broad SMARTS) is 1. The van der Waals surface area contributed by atoms with Crippen molar-refractivity contribution in [1.82, 2.24) is 9.55 Å². The van der Waals surface area contributed by atoms with Crippen LogP contribution in [0.4, 0.5) is 0 Å². The normalized spacial score (nSPS) is 15.5. The molecule has 0 saturated heterocycles. The third-order valence-corrected chi connectivity index (χ3v) is 5.41. The van der Waals surface area contributed by atoms with Gasteiger partial charge < -0.3 is 9.84 Å². The van der Waals surface area contributed by atoms with Crippen molar-refractivity contribution in [3.63, 3.8) is 0 Å². The van der Waals surface area contributed by atoms with E-state index in [1.165, 1.54) is 12.7 Å². The highest BCUT2D eigenvalue weighted by Crippen LogP contribution is 2.29. The number of hydrogen-bond acceptors (Lipinski definition) is 6. The van der Waals surface area contributed by atoms with Gasteiger partial charge in [0.2, 0.25) is 0 Å². The van der Waals surface area contributed by atoms with E-state index < -0.39 is 24.0 Å². The molecule has 2 heterocycles. The van der Waals surface area contributed by atoms with Crippen LogP contribution >= 0.6 is 11.3 Å². The van der Waals surface area contributed by atoms with Gasteiger partial charge in [-0.3, -0.25) is 14.2 Å². The molecule has 1 N–H and O–H groups in total. The summed E-state index contributed by atoms with van der Waals surface area (Å²) in [5.41, 5.74) is 0.0564. The first-order valence-electron chi connectivity index (χ1n) is 7.88. The largest absolute Gasteiger partial charge is 0.480 e. The molecule has 2 aromatic rings. The zero-order chi connectivity index (χ0) is 17.3. The number of aliphatic carboxylic acids is 1. The van der Waals surface area contributed by atoms with Crippen molar-refractivity contribution in [2.45, 2.75) is 51.7 Å². The number of carboxylic acids is 1. The quantitative estimate of drug-likeness (QED) is 0.850. The fraction of sp³-hybridized carbons (Fsp3) is 0.500. The Morgan fingerprint density at radius 1 is 1.38 bits per heavy atom. The van der Waals surface area contributed by atoms with Gasteiger partial charge in [0, 0.05) is 0 Å². The Hall–Kier alpha value is -2.22. The second-order valence-corrected chi connectivity index (χ2v) is 6.97. The summed E-state index contributed by atoms with van der Waals surface area (Å²) in [6.45, 7) is 1.21. The number of hydrogen-bond donors (Lipinski definition) is 1. The lowest BCUT2D eigenvalue weighted by Crippen LogP contribution is -2.24. The Labute approximate surface area is 141 Å². The van der Waals surface area contributed by atoms with Crippen molar-refractivity contribution in [2.24, 2.45) is 0 Å². The predicted octanol–water partition coefficient (Wildman–Crippen LogP) is 2.34. The van der Waals surface area contributed by atoms with E-state index in [4.69, 9.17) is 9.84 Å². The molecule has 1 fully saturated rings. The maximum Gasteiger partial charge on any atom is 0.348 e. The molecular weight excluding hydrogens is 332 g/mol. The van der Waals surface area contributed by atoms with Crippen LogP contribution in [0, 0.1) is 6.92 Å². The molecule has 0 aliphatic heterocycles. The Morgan fingerprint density at radius 3 is 2.75 bits per heavy atom. The fourth-order valence-corrected chi connectivity index (χ4v) is 4.02. The van der Waals surface area contributed by atoms with Crippen LogP contribution in [0.15, 0.2) is 11.1 Å². The van der Waals surface area contributed by atoms with Crippen molar-refractivity contribution in [1.29, 1.82) is 0 Å². The van der Waals surface area contributed by atoms with Gasteiger partial charge in [-0.2, -0.15) is 0 Å². The van der Waals surface area contributed by atoms with E-state index in [2.05, 4.69) is 4.98 Å². The highest BCUT2D eigenvalue weighted by Gasteiger charge is 2.24. The predicted molar refractivity (Wildman–Crippen MR) is 88.5 cm³/mol. The molecule has 128 valence electrons. The van der Waals surface area contributed by atoms with Crippen molar-refractivity contribution in [3.05, 3.63) is 27.1 Å². The molecule has 1 saturated carbocycles. The lowest BCUT2D eigenvalue weighted by atomic mass is 9.98. The first-order chi connectivity index (χ1) is 11.5. The van der Waals surface area contributed by atoms with E-state index in [1.54, 1.807) is 6.92 Å². The van der Waals surface area contributed by atoms with Crippen LogP contribution in [0.2, 0.25) is 0 Å². The molecule has 0 aromatic carbocycles. The SMILES string of the molecule is Cc1c(C(=O)OC2CCCCC2)sc2ncn(CC(=O)O)c(=O)c12. The smallest absolute Gasteiger partial charge is 0.348 e. The lowest BCUT2D eigenvalue weighted by molar-refractivity contribution is -0.137. The Morgan fingerprint density at radius 2 is 2.08 bits per heavy atom. The third kappa shape index (κ3) is 3.19. The molecule has 0 amide bonds. The summed E-state index contributed by atoms with van der Waals surface area (Å²) in [7, 11) is 0. The zero-order valence-corrected chi connectivity index (χ0v) is 14.1. The maximum absolute atomic E-state index is 12.4. The highest BCUT2D eigenvalue weighted by atomic mass is 32.1. The molecule has 24 heavy (non-hydrogen) atoms. The third-order valence-electron chi connectivity index (χ3n) is 4.23. The van der Waals surface area contributed by atoms with E-state index in [1.807, 2.05) is 0 Å². The van der Waals surface area contributed by atoms with Gasteiger partial charge in [0.1, 0.15) is 22.4 Å². The minimum Gasteiger partial charge on any atom is -0.480 e. The fourth-order valence-electron chi connectivity index (χ4n) is 3.00. The number of aryl methyl sites for hydroxylation is 1. The van der Waals surface area contributed by atoms with Crippen LogP contribution in [0.1, 0.15) is 47.3 Å². The average molecular weight is 350 g/mol. The van der Waals surface area contributed by atoms with E-state index >= 15 is 0 Å². The highest BCUT2D eigenvalue weighted by molar-refractivity contribution is 7.20. The molecular formula is C16H18N2O5S. The monoisotopic (exact) mass is 350 g/mol. The molecule has 0 unspecified atom stereocenters. The molecule has 1 aliphatic carbocycles. The van der Waals surface area contributed by atoms with Crippen molar-refractivity contribution >= 4 is 33.5 Å². The number of ether oxygens (including phenoxy) is 1. The number of carbonyl (C=O) groups excluding carboxylic acids is 1. The summed E-state index contributed by atoms with van der Waals surface area (Å²) in [6, 6.07) is 0. The van der Waals surface area contributed by atoms with Crippen LogP contribution in [0.25, 0.3) is 10.2 Å². The van der Waals surface area contributed by atoms with Gasteiger partial charge in [-0.1, -0.05) is 6.42 Å². The summed E-state index contributed by atoms with van der Waals surface area (Å²) in [6.07, 6.45) is 6.18. The summed E-state index contributed by atoms with van der Waals surface area (Å²) >= 11 is 1.12. The van der Waals surface area contributed by atoms with Crippen LogP contribution in [0.3, 0.4) is 0 Å². The van der Waals surface area contributed by atoms with E-state index in [0.717, 1.165) is 41.6 Å². The van der Waals surface area contributed by atoms with Gasteiger partial charge in [-0.25, -0.2) is 9.78 Å². The molecule has 7 nitrogen and oxygen atoms in total. The molecule has 2 aromatic heterocycles. The molecule has 1 aliphatic rings. The number of thiophene rings is 1. The van der Waals surface area contributed by atoms with E-state index in [0.29, 0.717) is 20.7 Å². The summed E-state index contributed by atoms with van der Waals surface area (Å²) in [5, 5.41) is 9.14. The molecule has 8 heteroatoms. The minimum absolute atomic E-state index is 0.0625. The summed E-state index contributed by atoms with van der Waals surface area (Å²) in [4.78, 5) is 40.6. The number of rotatable bonds is 4. The molecule has 0 radical (unpaired) electrons. The van der Waals surface area contributed by atoms with Crippen molar-refractivity contribution < 1.29 is 19.4 Å². The van der Waals surface area contributed by atoms with E-state index in [9.17, 15) is 14.4 Å². The van der Waals surface area contributed by atoms with Crippen LogP contribution in [-0.2, 0) is 16.1 Å². The second-order valence-electron chi connectivity index (χ2n) is 5.97. The topological polar surface area (TPSA) is 98.5 Å². The van der Waals surface area contributed by atoms with Gasteiger partial charge in [-0.05, 0) is 38.2 Å². The van der Waals surface area contributed by atoms with E-state index in [-0.39, 0.29) is 6.10 Å². The molecule has 0 spiro atoms. The van der Waals surface area contributed by atoms with Crippen LogP contribution in [-0.4, -0.2) is 32.7 Å². The Bertz CT molecular complexity index is 848. The number of aromatic nitrogens is 2. The number of esters is 1. The Kier molecular flexibility index (Phi) is 4.66. The standard InChI is InChI=1S/C16H18N2O5S/c1-9-12-14(17-8-18(15(12)21)7-11(19)20)24-13(9)16(22)23-10-5-3-2-4-6-10/h8,10H,2-7H2,1H3,(H,19,20). The molecule has 0 atom stereocenters. The van der Waals surface area contributed by atoms with Crippen LogP contribution in [0.5, 0.6) is 0 Å². The minimum atomic E-state index is -1.12. The average Bonchev–Trinajstić information content (AvgIpc) is 2.88. The molecule has 3 rings (SSSR count).